The van der Waals surface area contributed by atoms with Crippen molar-refractivity contribution in [3.63, 3.8) is 0 Å². The molecule has 3 rings (SSSR count). The number of amides is 1. The maximum absolute atomic E-state index is 12.5. The van der Waals surface area contributed by atoms with Crippen LogP contribution in [-0.4, -0.2) is 46.2 Å². The first kappa shape index (κ1) is 17.8. The van der Waals surface area contributed by atoms with Gasteiger partial charge < -0.3 is 19.9 Å². The van der Waals surface area contributed by atoms with Gasteiger partial charge in [0.25, 0.3) is 5.91 Å². The molecule has 8 nitrogen and oxygen atoms in total. The number of aliphatic carboxylic acids is 1. The fourth-order valence-corrected chi connectivity index (χ4v) is 2.79. The Hall–Kier alpha value is -3.00. The van der Waals surface area contributed by atoms with E-state index in [0.717, 1.165) is 6.42 Å². The van der Waals surface area contributed by atoms with E-state index in [2.05, 4.69) is 15.3 Å². The number of carbonyl (C=O) groups is 2. The minimum absolute atomic E-state index is 0.246. The third kappa shape index (κ3) is 4.54. The number of nitrogens with zero attached hydrogens (tertiary/aromatic N) is 2. The first-order valence-electron chi connectivity index (χ1n) is 8.29. The molecule has 1 aliphatic rings. The monoisotopic (exact) mass is 357 g/mol. The van der Waals surface area contributed by atoms with Crippen LogP contribution >= 0.6 is 0 Å². The lowest BCUT2D eigenvalue weighted by Gasteiger charge is -2.28. The van der Waals surface area contributed by atoms with Crippen LogP contribution in [0.25, 0.3) is 0 Å². The van der Waals surface area contributed by atoms with Crippen LogP contribution in [0.5, 0.6) is 11.6 Å². The number of aromatic nitrogens is 2. The third-order valence-electron chi connectivity index (χ3n) is 4.08. The van der Waals surface area contributed by atoms with E-state index in [-0.39, 0.29) is 5.92 Å². The lowest BCUT2D eigenvalue weighted by molar-refractivity contribution is -0.142. The largest absolute Gasteiger partial charge is 0.480 e. The summed E-state index contributed by atoms with van der Waals surface area (Å²) in [7, 11) is 0. The van der Waals surface area contributed by atoms with E-state index < -0.39 is 17.9 Å². The van der Waals surface area contributed by atoms with Gasteiger partial charge in [0.1, 0.15) is 11.8 Å². The van der Waals surface area contributed by atoms with Gasteiger partial charge in [-0.1, -0.05) is 6.07 Å². The summed E-state index contributed by atoms with van der Waals surface area (Å²) in [5, 5.41) is 12.1. The molecule has 1 amide bonds. The average molecular weight is 357 g/mol. The van der Waals surface area contributed by atoms with E-state index in [4.69, 9.17) is 9.47 Å². The van der Waals surface area contributed by atoms with E-state index in [1.165, 1.54) is 24.7 Å². The van der Waals surface area contributed by atoms with Crippen LogP contribution in [0.2, 0.25) is 0 Å². The molecule has 1 aromatic carbocycles. The number of rotatable bonds is 6. The van der Waals surface area contributed by atoms with E-state index >= 15 is 0 Å². The van der Waals surface area contributed by atoms with Gasteiger partial charge in [-0.25, -0.2) is 9.78 Å². The van der Waals surface area contributed by atoms with Crippen molar-refractivity contribution in [2.45, 2.75) is 18.9 Å². The lowest BCUT2D eigenvalue weighted by atomic mass is 9.93. The highest BCUT2D eigenvalue weighted by atomic mass is 16.5. The normalized spacial score (nSPS) is 17.9. The highest BCUT2D eigenvalue weighted by Crippen LogP contribution is 2.21. The summed E-state index contributed by atoms with van der Waals surface area (Å²) in [6, 6.07) is 5.46. The van der Waals surface area contributed by atoms with Gasteiger partial charge >= 0.3 is 5.97 Å². The van der Waals surface area contributed by atoms with E-state index in [9.17, 15) is 14.7 Å². The van der Waals surface area contributed by atoms with Crippen molar-refractivity contribution in [1.82, 2.24) is 15.3 Å². The number of benzene rings is 1. The number of carbonyl (C=O) groups excluding carboxylic acids is 1. The molecule has 8 heteroatoms. The molecule has 2 heterocycles. The Morgan fingerprint density at radius 1 is 1.35 bits per heavy atom. The van der Waals surface area contributed by atoms with Gasteiger partial charge in [0.15, 0.2) is 0 Å². The Labute approximate surface area is 150 Å². The first-order chi connectivity index (χ1) is 12.6. The summed E-state index contributed by atoms with van der Waals surface area (Å²) in [4.78, 5) is 32.0. The Morgan fingerprint density at radius 2 is 2.23 bits per heavy atom. The van der Waals surface area contributed by atoms with Gasteiger partial charge in [-0.2, -0.15) is 0 Å². The van der Waals surface area contributed by atoms with Crippen molar-refractivity contribution in [2.24, 2.45) is 5.92 Å². The fraction of sp³-hybridized carbons (Fsp3) is 0.333. The number of nitrogens with one attached hydrogen (secondary N) is 1. The van der Waals surface area contributed by atoms with E-state index in [0.29, 0.717) is 36.8 Å². The maximum atomic E-state index is 12.5. The predicted molar refractivity (Wildman–Crippen MR) is 91.0 cm³/mol. The Morgan fingerprint density at radius 3 is 2.92 bits per heavy atom. The smallest absolute Gasteiger partial charge is 0.326 e. The Balaban J connectivity index is 1.70. The van der Waals surface area contributed by atoms with Crippen LogP contribution in [0.4, 0.5) is 0 Å². The number of ether oxygens (including phenoxy) is 2. The molecular formula is C18H19N3O5. The van der Waals surface area contributed by atoms with Crippen LogP contribution in [0.15, 0.2) is 42.9 Å². The zero-order chi connectivity index (χ0) is 18.4. The molecule has 0 spiro atoms. The van der Waals surface area contributed by atoms with Crippen LogP contribution in [0.3, 0.4) is 0 Å². The average Bonchev–Trinajstić information content (AvgIpc) is 2.67. The van der Waals surface area contributed by atoms with E-state index in [1.807, 2.05) is 0 Å². The highest BCUT2D eigenvalue weighted by Gasteiger charge is 2.31. The molecule has 0 bridgehead atoms. The van der Waals surface area contributed by atoms with Crippen LogP contribution in [0.1, 0.15) is 23.2 Å². The molecule has 0 saturated carbocycles. The zero-order valence-electron chi connectivity index (χ0n) is 14.0. The van der Waals surface area contributed by atoms with Crippen molar-refractivity contribution in [1.29, 1.82) is 0 Å². The van der Waals surface area contributed by atoms with Gasteiger partial charge in [-0.05, 0) is 31.0 Å². The van der Waals surface area contributed by atoms with Gasteiger partial charge in [0.05, 0.1) is 12.8 Å². The second-order valence-corrected chi connectivity index (χ2v) is 5.94. The number of hydrogen-bond acceptors (Lipinski definition) is 6. The molecule has 0 aliphatic carbocycles. The molecule has 0 radical (unpaired) electrons. The standard InChI is InChI=1S/C18H19N3O5/c22-17(21-16(18(23)24)13-4-2-8-25-11-13)12-3-1-5-14(9-12)26-15-10-19-6-7-20-15/h1,3,5-7,9-10,13,16H,2,4,8,11H2,(H,21,22)(H,23,24). The first-order valence-corrected chi connectivity index (χ1v) is 8.29. The quantitative estimate of drug-likeness (QED) is 0.812. The Kier molecular flexibility index (Phi) is 5.75. The topological polar surface area (TPSA) is 111 Å². The van der Waals surface area contributed by atoms with Gasteiger partial charge in [0.2, 0.25) is 5.88 Å². The van der Waals surface area contributed by atoms with Crippen molar-refractivity contribution in [3.05, 3.63) is 48.4 Å². The minimum Gasteiger partial charge on any atom is -0.480 e. The second-order valence-electron chi connectivity index (χ2n) is 5.94. The molecular weight excluding hydrogens is 338 g/mol. The van der Waals surface area contributed by atoms with Crippen LogP contribution in [0, 0.1) is 5.92 Å². The molecule has 1 saturated heterocycles. The maximum Gasteiger partial charge on any atom is 0.326 e. The van der Waals surface area contributed by atoms with Crippen LogP contribution < -0.4 is 10.1 Å². The van der Waals surface area contributed by atoms with Crippen molar-refractivity contribution in [3.8, 4) is 11.6 Å². The number of carboxylic acid groups (broad SMARTS) is 1. The zero-order valence-corrected chi connectivity index (χ0v) is 14.0. The number of hydrogen-bond donors (Lipinski definition) is 2. The number of carboxylic acids is 1. The van der Waals surface area contributed by atoms with Crippen molar-refractivity contribution in [2.75, 3.05) is 13.2 Å². The molecule has 2 aromatic rings. The highest BCUT2D eigenvalue weighted by molar-refractivity contribution is 5.97. The third-order valence-corrected chi connectivity index (χ3v) is 4.08. The summed E-state index contributed by atoms with van der Waals surface area (Å²) in [5.41, 5.74) is 0.300. The lowest BCUT2D eigenvalue weighted by Crippen LogP contribution is -2.48. The summed E-state index contributed by atoms with van der Waals surface area (Å²) in [6.45, 7) is 0.950. The van der Waals surface area contributed by atoms with Gasteiger partial charge in [-0.3, -0.25) is 9.78 Å². The van der Waals surface area contributed by atoms with Gasteiger partial charge in [-0.15, -0.1) is 0 Å². The molecule has 1 aliphatic heterocycles. The second kappa shape index (κ2) is 8.39. The molecule has 2 atom stereocenters. The SMILES string of the molecule is O=C(NC(C(=O)O)C1CCCOC1)c1cccc(Oc2cnccn2)c1. The molecule has 1 fully saturated rings. The molecule has 2 unspecified atom stereocenters. The van der Waals surface area contributed by atoms with E-state index in [1.54, 1.807) is 18.2 Å². The van der Waals surface area contributed by atoms with Crippen molar-refractivity contribution >= 4 is 11.9 Å². The Bertz CT molecular complexity index is 762. The summed E-state index contributed by atoms with van der Waals surface area (Å²) in [5.74, 6) is -1.09. The fourth-order valence-electron chi connectivity index (χ4n) is 2.79. The molecule has 136 valence electrons. The molecule has 26 heavy (non-hydrogen) atoms. The minimum atomic E-state index is -1.07. The van der Waals surface area contributed by atoms with Crippen molar-refractivity contribution < 1.29 is 24.2 Å². The molecule has 2 N–H and O–H groups in total. The predicted octanol–water partition coefficient (Wildman–Crippen LogP) is 1.88. The van der Waals surface area contributed by atoms with Gasteiger partial charge in [0, 0.05) is 30.5 Å². The summed E-state index contributed by atoms with van der Waals surface area (Å²) < 4.78 is 10.9. The van der Waals surface area contributed by atoms with Crippen LogP contribution in [-0.2, 0) is 9.53 Å². The molecule has 1 aromatic heterocycles. The summed E-state index contributed by atoms with van der Waals surface area (Å²) >= 11 is 0. The summed E-state index contributed by atoms with van der Waals surface area (Å²) in [6.07, 6.45) is 5.96.